The maximum atomic E-state index is 12.0. The van der Waals surface area contributed by atoms with Gasteiger partial charge in [0.15, 0.2) is 0 Å². The van der Waals surface area contributed by atoms with Crippen molar-refractivity contribution in [3.05, 3.63) is 59.2 Å². The summed E-state index contributed by atoms with van der Waals surface area (Å²) in [5.74, 6) is 0.272. The van der Waals surface area contributed by atoms with Gasteiger partial charge in [-0.3, -0.25) is 9.97 Å². The van der Waals surface area contributed by atoms with Crippen molar-refractivity contribution >= 4 is 19.5 Å². The number of nitrogens with zero attached hydrogens (tertiary/aromatic N) is 6. The molecule has 0 aliphatic carbocycles. The van der Waals surface area contributed by atoms with Crippen molar-refractivity contribution in [1.82, 2.24) is 9.97 Å². The van der Waals surface area contributed by atoms with Gasteiger partial charge in [0.1, 0.15) is 0 Å². The number of hydrogen-bond acceptors (Lipinski definition) is 8. The molecule has 0 aromatic carbocycles. The van der Waals surface area contributed by atoms with Gasteiger partial charge in [0.2, 0.25) is 12.4 Å². The van der Waals surface area contributed by atoms with Crippen LogP contribution in [0.25, 0.3) is 0 Å². The van der Waals surface area contributed by atoms with Crippen molar-refractivity contribution in [3.8, 4) is 12.4 Å². The minimum Gasteiger partial charge on any atom is -0.261 e. The van der Waals surface area contributed by atoms with Gasteiger partial charge in [-0.25, -0.2) is 8.42 Å². The first-order valence-corrected chi connectivity index (χ1v) is 12.6. The molecule has 8 nitrogen and oxygen atoms in total. The number of nitriles is 2. The Morgan fingerprint density at radius 3 is 1.93 bits per heavy atom. The molecule has 2 aromatic rings. The van der Waals surface area contributed by atoms with E-state index in [-0.39, 0.29) is 18.4 Å². The first-order chi connectivity index (χ1) is 13.5. The lowest BCUT2D eigenvalue weighted by Gasteiger charge is -2.12. The molecule has 0 radical (unpaired) electrons. The quantitative estimate of drug-likeness (QED) is 0.646. The van der Waals surface area contributed by atoms with E-state index in [1.807, 2.05) is 38.1 Å². The molecule has 3 unspecified atom stereocenters. The highest BCUT2D eigenvalue weighted by Crippen LogP contribution is 2.21. The molecule has 0 saturated carbocycles. The van der Waals surface area contributed by atoms with Crippen LogP contribution in [0.3, 0.4) is 0 Å². The van der Waals surface area contributed by atoms with Crippen LogP contribution in [0.4, 0.5) is 0 Å². The Balaban J connectivity index is 0.000000544. The molecule has 0 N–H and O–H groups in total. The van der Waals surface area contributed by atoms with Crippen LogP contribution in [0.2, 0.25) is 0 Å². The molecule has 0 fully saturated rings. The minimum atomic E-state index is -2.50. The molecule has 3 atom stereocenters. The topological polar surface area (TPSA) is 132 Å². The molecule has 2 heterocycles. The van der Waals surface area contributed by atoms with E-state index in [9.17, 15) is 8.42 Å². The van der Waals surface area contributed by atoms with Crippen LogP contribution in [0.5, 0.6) is 0 Å². The Bertz CT molecular complexity index is 1140. The SMILES string of the molecule is C.Cc1ccc(C(C)S(C)(=O)=NC#N)cn1.Cc1ccc(CS(C)(=O)=NC#N)cn1. The van der Waals surface area contributed by atoms with Crippen molar-refractivity contribution in [2.75, 3.05) is 12.5 Å². The normalized spacial score (nSPS) is 14.6. The predicted octanol–water partition coefficient (Wildman–Crippen LogP) is 4.13. The monoisotopic (exact) mass is 448 g/mol. The van der Waals surface area contributed by atoms with E-state index in [2.05, 4.69) is 18.7 Å². The van der Waals surface area contributed by atoms with E-state index >= 15 is 0 Å². The largest absolute Gasteiger partial charge is 0.261 e. The Morgan fingerprint density at radius 1 is 0.967 bits per heavy atom. The standard InChI is InChI=1S/C10H13N3OS.C9H11N3OS.CH4/c1-8-4-5-10(6-12-8)9(2)15(3,14)13-7-11;1-8-3-4-9(5-11-8)6-14(2,13)12-7-10;/h4-6,9H,1-3H3;3-5H,6H2,1-2H3;1H4. The summed E-state index contributed by atoms with van der Waals surface area (Å²) < 4.78 is 30.4. The summed E-state index contributed by atoms with van der Waals surface area (Å²) in [7, 11) is -4.93. The third kappa shape index (κ3) is 9.12. The van der Waals surface area contributed by atoms with Gasteiger partial charge in [0.25, 0.3) is 0 Å². The highest BCUT2D eigenvalue weighted by molar-refractivity contribution is 7.93. The van der Waals surface area contributed by atoms with Crippen LogP contribution in [0.15, 0.2) is 45.4 Å². The second kappa shape index (κ2) is 12.0. The van der Waals surface area contributed by atoms with E-state index in [0.29, 0.717) is 0 Å². The first kappa shape index (κ1) is 27.2. The van der Waals surface area contributed by atoms with Crippen LogP contribution in [0, 0.1) is 36.8 Å². The molecule has 0 bridgehead atoms. The van der Waals surface area contributed by atoms with E-state index in [1.54, 1.807) is 31.7 Å². The van der Waals surface area contributed by atoms with Gasteiger partial charge in [-0.2, -0.15) is 10.5 Å². The van der Waals surface area contributed by atoms with E-state index in [0.717, 1.165) is 22.5 Å². The van der Waals surface area contributed by atoms with Crippen LogP contribution < -0.4 is 0 Å². The lowest BCUT2D eigenvalue weighted by Crippen LogP contribution is -2.07. The molecule has 2 aromatic heterocycles. The Kier molecular flexibility index (Phi) is 10.9. The van der Waals surface area contributed by atoms with E-state index in [1.165, 1.54) is 12.5 Å². The molecule has 0 aliphatic heterocycles. The van der Waals surface area contributed by atoms with Gasteiger partial charge in [0.05, 0.1) is 30.5 Å². The summed E-state index contributed by atoms with van der Waals surface area (Å²) in [5, 5.41) is 16.5. The lowest BCUT2D eigenvalue weighted by molar-refractivity contribution is 0.673. The summed E-state index contributed by atoms with van der Waals surface area (Å²) >= 11 is 0. The minimum absolute atomic E-state index is 0. The maximum absolute atomic E-state index is 12.0. The molecule has 10 heteroatoms. The van der Waals surface area contributed by atoms with Crippen molar-refractivity contribution < 1.29 is 8.42 Å². The summed E-state index contributed by atoms with van der Waals surface area (Å²) in [6.07, 6.45) is 9.46. The van der Waals surface area contributed by atoms with Crippen molar-refractivity contribution in [1.29, 1.82) is 10.5 Å². The number of pyridine rings is 2. The molecule has 162 valence electrons. The zero-order valence-electron chi connectivity index (χ0n) is 17.1. The van der Waals surface area contributed by atoms with Gasteiger partial charge in [-0.15, -0.1) is 8.73 Å². The molecule has 0 spiro atoms. The second-order valence-corrected chi connectivity index (χ2v) is 11.5. The first-order valence-electron chi connectivity index (χ1n) is 8.52. The molecule has 0 saturated heterocycles. The molecule has 30 heavy (non-hydrogen) atoms. The molecule has 0 amide bonds. The fraction of sp³-hybridized carbons (Fsp3) is 0.400. The lowest BCUT2D eigenvalue weighted by atomic mass is 10.2. The van der Waals surface area contributed by atoms with E-state index < -0.39 is 19.5 Å². The summed E-state index contributed by atoms with van der Waals surface area (Å²) in [6.45, 7) is 5.56. The zero-order chi connectivity index (χ0) is 22.1. The van der Waals surface area contributed by atoms with Gasteiger partial charge in [0, 0.05) is 36.3 Å². The van der Waals surface area contributed by atoms with Gasteiger partial charge >= 0.3 is 0 Å². The molecular weight excluding hydrogens is 420 g/mol. The van der Waals surface area contributed by atoms with Crippen molar-refractivity contribution in [2.24, 2.45) is 8.73 Å². The average molecular weight is 449 g/mol. The predicted molar refractivity (Wildman–Crippen MR) is 121 cm³/mol. The fourth-order valence-electron chi connectivity index (χ4n) is 2.14. The highest BCUT2D eigenvalue weighted by atomic mass is 32.2. The Hall–Kier alpha value is -2.82. The van der Waals surface area contributed by atoms with Crippen molar-refractivity contribution in [2.45, 2.75) is 39.2 Å². The van der Waals surface area contributed by atoms with Gasteiger partial charge in [-0.05, 0) is 44.0 Å². The highest BCUT2D eigenvalue weighted by Gasteiger charge is 2.16. The number of rotatable bonds is 4. The third-order valence-corrected chi connectivity index (χ3v) is 7.29. The summed E-state index contributed by atoms with van der Waals surface area (Å²) in [4.78, 5) is 8.20. The fourth-order valence-corrected chi connectivity index (χ4v) is 4.14. The zero-order valence-corrected chi connectivity index (χ0v) is 18.7. The van der Waals surface area contributed by atoms with Gasteiger partial charge < -0.3 is 0 Å². The summed E-state index contributed by atoms with van der Waals surface area (Å²) in [5.41, 5.74) is 3.49. The maximum Gasteiger partial charge on any atom is 0.214 e. The Labute approximate surface area is 180 Å². The Morgan fingerprint density at radius 2 is 1.50 bits per heavy atom. The van der Waals surface area contributed by atoms with Crippen molar-refractivity contribution in [3.63, 3.8) is 0 Å². The van der Waals surface area contributed by atoms with Crippen LogP contribution in [-0.2, 0) is 25.2 Å². The van der Waals surface area contributed by atoms with Crippen LogP contribution >= 0.6 is 0 Å². The third-order valence-electron chi connectivity index (χ3n) is 3.92. The molecular formula is C20H28N6O2S2. The number of aryl methyl sites for hydroxylation is 2. The van der Waals surface area contributed by atoms with Crippen LogP contribution in [0.1, 0.15) is 42.1 Å². The smallest absolute Gasteiger partial charge is 0.214 e. The average Bonchev–Trinajstić information content (AvgIpc) is 2.64. The number of aromatic nitrogens is 2. The van der Waals surface area contributed by atoms with E-state index in [4.69, 9.17) is 10.5 Å². The summed E-state index contributed by atoms with van der Waals surface area (Å²) in [6, 6.07) is 7.41. The van der Waals surface area contributed by atoms with Gasteiger partial charge in [-0.1, -0.05) is 19.6 Å². The van der Waals surface area contributed by atoms with Crippen LogP contribution in [-0.4, -0.2) is 30.9 Å². The number of hydrogen-bond donors (Lipinski definition) is 0. The second-order valence-electron chi connectivity index (χ2n) is 6.53. The molecule has 2 rings (SSSR count). The molecule has 0 aliphatic rings.